The number of carbonyl (C=O) groups is 1. The Kier molecular flexibility index (Phi) is 4.60. The van der Waals surface area contributed by atoms with Gasteiger partial charge in [0.25, 0.3) is 0 Å². The number of amides is 1. The molecule has 1 saturated heterocycles. The highest BCUT2D eigenvalue weighted by atomic mass is 79.9. The van der Waals surface area contributed by atoms with Crippen LogP contribution in [0.15, 0.2) is 34.9 Å². The van der Waals surface area contributed by atoms with Crippen LogP contribution in [0.3, 0.4) is 0 Å². The first-order chi connectivity index (χ1) is 12.6. The molecule has 10 heteroatoms. The summed E-state index contributed by atoms with van der Waals surface area (Å²) in [6, 6.07) is 7.73. The van der Waals surface area contributed by atoms with Crippen molar-refractivity contribution in [2.24, 2.45) is 0 Å². The molecule has 0 aliphatic carbocycles. The number of hydrogen-bond donors (Lipinski definition) is 3. The highest BCUT2D eigenvalue weighted by Gasteiger charge is 2.26. The van der Waals surface area contributed by atoms with Gasteiger partial charge in [0.2, 0.25) is 5.95 Å². The molecule has 1 atom stereocenters. The van der Waals surface area contributed by atoms with E-state index in [0.717, 1.165) is 26.2 Å². The third kappa shape index (κ3) is 3.70. The van der Waals surface area contributed by atoms with Crippen molar-refractivity contribution in [2.45, 2.75) is 12.5 Å². The summed E-state index contributed by atoms with van der Waals surface area (Å²) in [5.41, 5.74) is 0.924. The second-order valence-corrected chi connectivity index (χ2v) is 7.83. The van der Waals surface area contributed by atoms with Crippen LogP contribution in [0.25, 0.3) is 10.2 Å². The average Bonchev–Trinajstić information content (AvgIpc) is 3.21. The van der Waals surface area contributed by atoms with Crippen molar-refractivity contribution in [3.63, 3.8) is 0 Å². The van der Waals surface area contributed by atoms with Crippen molar-refractivity contribution < 1.29 is 9.90 Å². The molecular formula is C16H15BrN6O2S. The van der Waals surface area contributed by atoms with Gasteiger partial charge >= 0.3 is 6.09 Å². The number of benzene rings is 1. The minimum absolute atomic E-state index is 0.0150. The third-order valence-electron chi connectivity index (χ3n) is 4.03. The van der Waals surface area contributed by atoms with Crippen LogP contribution in [0.2, 0.25) is 0 Å². The number of thiazole rings is 1. The highest BCUT2D eigenvalue weighted by molar-refractivity contribution is 9.10. The second-order valence-electron chi connectivity index (χ2n) is 5.88. The largest absolute Gasteiger partial charge is 0.465 e. The van der Waals surface area contributed by atoms with Gasteiger partial charge in [-0.1, -0.05) is 27.3 Å². The summed E-state index contributed by atoms with van der Waals surface area (Å²) in [6.45, 7) is 0.954. The fourth-order valence-corrected chi connectivity index (χ4v) is 4.22. The van der Waals surface area contributed by atoms with E-state index < -0.39 is 6.09 Å². The Hall–Kier alpha value is -2.46. The van der Waals surface area contributed by atoms with Crippen LogP contribution in [0, 0.1) is 0 Å². The number of nitrogens with zero attached hydrogens (tertiary/aromatic N) is 4. The fraction of sp³-hybridized carbons (Fsp3) is 0.250. The fourth-order valence-electron chi connectivity index (χ4n) is 2.79. The molecule has 0 unspecified atom stereocenters. The standard InChI is InChI=1S/C16H15BrN6O2S/c17-9-1-2-11-12(7-9)26-15(20-11)22-13-3-5-18-14(21-13)19-10-4-6-23(8-10)16(24)25/h1-3,5,7,10H,4,6,8H2,(H,24,25)(H2,18,19,20,21,22)/t10-/m0/s1. The first kappa shape index (κ1) is 17.0. The number of likely N-dealkylation sites (tertiary alicyclic amines) is 1. The number of rotatable bonds is 4. The van der Waals surface area contributed by atoms with Crippen molar-refractivity contribution in [3.8, 4) is 0 Å². The molecule has 1 fully saturated rings. The van der Waals surface area contributed by atoms with E-state index in [9.17, 15) is 4.79 Å². The lowest BCUT2D eigenvalue weighted by Gasteiger charge is -2.14. The normalized spacial score (nSPS) is 16.8. The second kappa shape index (κ2) is 7.04. The van der Waals surface area contributed by atoms with Gasteiger partial charge in [-0.05, 0) is 30.7 Å². The number of aromatic nitrogens is 3. The van der Waals surface area contributed by atoms with E-state index in [2.05, 4.69) is 41.5 Å². The van der Waals surface area contributed by atoms with Crippen LogP contribution in [-0.2, 0) is 0 Å². The topological polar surface area (TPSA) is 103 Å². The van der Waals surface area contributed by atoms with Gasteiger partial charge < -0.3 is 20.6 Å². The molecule has 134 valence electrons. The lowest BCUT2D eigenvalue weighted by molar-refractivity contribution is 0.155. The summed E-state index contributed by atoms with van der Waals surface area (Å²) in [5.74, 6) is 1.10. The molecular weight excluding hydrogens is 420 g/mol. The molecule has 1 aliphatic rings. The maximum atomic E-state index is 11.0. The summed E-state index contributed by atoms with van der Waals surface area (Å²) < 4.78 is 2.09. The smallest absolute Gasteiger partial charge is 0.407 e. The highest BCUT2D eigenvalue weighted by Crippen LogP contribution is 2.30. The zero-order valence-electron chi connectivity index (χ0n) is 13.5. The predicted molar refractivity (Wildman–Crippen MR) is 104 cm³/mol. The molecule has 8 nitrogen and oxygen atoms in total. The lowest BCUT2D eigenvalue weighted by atomic mass is 10.3. The predicted octanol–water partition coefficient (Wildman–Crippen LogP) is 3.76. The molecule has 4 rings (SSSR count). The number of fused-ring (bicyclic) bond motifs is 1. The van der Waals surface area contributed by atoms with Crippen molar-refractivity contribution >= 4 is 60.5 Å². The SMILES string of the molecule is O=C(O)N1CC[C@H](Nc2nccc(Nc3nc4ccc(Br)cc4s3)n2)C1. The van der Waals surface area contributed by atoms with Gasteiger partial charge in [-0.3, -0.25) is 0 Å². The first-order valence-corrected chi connectivity index (χ1v) is 9.58. The third-order valence-corrected chi connectivity index (χ3v) is 5.46. The average molecular weight is 435 g/mol. The van der Waals surface area contributed by atoms with E-state index in [1.165, 1.54) is 4.90 Å². The van der Waals surface area contributed by atoms with Gasteiger partial charge in [-0.2, -0.15) is 4.98 Å². The summed E-state index contributed by atoms with van der Waals surface area (Å²) in [6.07, 6.45) is 1.50. The molecule has 3 heterocycles. The van der Waals surface area contributed by atoms with Crippen LogP contribution in [0.4, 0.5) is 21.7 Å². The molecule has 0 saturated carbocycles. The first-order valence-electron chi connectivity index (χ1n) is 7.97. The number of anilines is 3. The monoisotopic (exact) mass is 434 g/mol. The van der Waals surface area contributed by atoms with Gasteiger partial charge in [-0.25, -0.2) is 14.8 Å². The Labute approximate surface area is 161 Å². The van der Waals surface area contributed by atoms with E-state index in [1.54, 1.807) is 23.6 Å². The maximum Gasteiger partial charge on any atom is 0.407 e. The van der Waals surface area contributed by atoms with Crippen LogP contribution >= 0.6 is 27.3 Å². The Bertz CT molecular complexity index is 965. The van der Waals surface area contributed by atoms with Crippen molar-refractivity contribution in [1.29, 1.82) is 0 Å². The van der Waals surface area contributed by atoms with E-state index in [4.69, 9.17) is 5.11 Å². The zero-order chi connectivity index (χ0) is 18.1. The van der Waals surface area contributed by atoms with Crippen LogP contribution in [0.1, 0.15) is 6.42 Å². The Morgan fingerprint density at radius 3 is 3.04 bits per heavy atom. The summed E-state index contributed by atoms with van der Waals surface area (Å²) in [7, 11) is 0. The number of hydrogen-bond acceptors (Lipinski definition) is 7. The van der Waals surface area contributed by atoms with E-state index >= 15 is 0 Å². The van der Waals surface area contributed by atoms with Crippen LogP contribution in [-0.4, -0.2) is 50.2 Å². The minimum atomic E-state index is -0.895. The number of carboxylic acid groups (broad SMARTS) is 1. The van der Waals surface area contributed by atoms with Crippen LogP contribution in [0.5, 0.6) is 0 Å². The van der Waals surface area contributed by atoms with Gasteiger partial charge in [0.1, 0.15) is 5.82 Å². The van der Waals surface area contributed by atoms with Gasteiger partial charge in [-0.15, -0.1) is 0 Å². The number of halogens is 1. The summed E-state index contributed by atoms with van der Waals surface area (Å²) >= 11 is 5.01. The molecule has 0 spiro atoms. The Morgan fingerprint density at radius 1 is 1.35 bits per heavy atom. The van der Waals surface area contributed by atoms with Crippen molar-refractivity contribution in [1.82, 2.24) is 19.9 Å². The van der Waals surface area contributed by atoms with E-state index in [1.807, 2.05) is 18.2 Å². The molecule has 0 radical (unpaired) electrons. The molecule has 2 aromatic heterocycles. The van der Waals surface area contributed by atoms with Gasteiger partial charge in [0, 0.05) is 29.8 Å². The molecule has 0 bridgehead atoms. The molecule has 1 aliphatic heterocycles. The summed E-state index contributed by atoms with van der Waals surface area (Å²) in [4.78, 5) is 25.6. The molecule has 3 N–H and O–H groups in total. The molecule has 26 heavy (non-hydrogen) atoms. The summed E-state index contributed by atoms with van der Waals surface area (Å²) in [5, 5.41) is 16.2. The van der Waals surface area contributed by atoms with E-state index in [-0.39, 0.29) is 6.04 Å². The number of nitrogens with one attached hydrogen (secondary N) is 2. The van der Waals surface area contributed by atoms with Gasteiger partial charge in [0.05, 0.1) is 10.2 Å². The minimum Gasteiger partial charge on any atom is -0.465 e. The molecule has 3 aromatic rings. The van der Waals surface area contributed by atoms with Gasteiger partial charge in [0.15, 0.2) is 5.13 Å². The Morgan fingerprint density at radius 2 is 2.23 bits per heavy atom. The maximum absolute atomic E-state index is 11.0. The Balaban J connectivity index is 1.46. The van der Waals surface area contributed by atoms with Crippen molar-refractivity contribution in [3.05, 3.63) is 34.9 Å². The molecule has 1 aromatic carbocycles. The lowest BCUT2D eigenvalue weighted by Crippen LogP contribution is -2.30. The van der Waals surface area contributed by atoms with E-state index in [0.29, 0.717) is 24.9 Å². The van der Waals surface area contributed by atoms with Crippen LogP contribution < -0.4 is 10.6 Å². The zero-order valence-corrected chi connectivity index (χ0v) is 15.9. The van der Waals surface area contributed by atoms with Crippen molar-refractivity contribution in [2.75, 3.05) is 23.7 Å². The quantitative estimate of drug-likeness (QED) is 0.574. The molecule has 1 amide bonds.